The van der Waals surface area contributed by atoms with Crippen molar-refractivity contribution < 1.29 is 0 Å². The zero-order valence-electron chi connectivity index (χ0n) is 45.3. The minimum atomic E-state index is -0.617. The van der Waals surface area contributed by atoms with Crippen molar-refractivity contribution in [2.45, 2.75) is 10.8 Å². The van der Waals surface area contributed by atoms with Gasteiger partial charge in [-0.15, -0.1) is 0 Å². The van der Waals surface area contributed by atoms with Crippen molar-refractivity contribution in [1.29, 1.82) is 0 Å². The van der Waals surface area contributed by atoms with Gasteiger partial charge in [-0.05, 0) is 139 Å². The second kappa shape index (κ2) is 17.4. The van der Waals surface area contributed by atoms with E-state index < -0.39 is 10.8 Å². The molecule has 1 unspecified atom stereocenters. The predicted octanol–water partition coefficient (Wildman–Crippen LogP) is 20.1. The minimum absolute atomic E-state index is 0.584. The zero-order chi connectivity index (χ0) is 54.4. The standard InChI is InChI=1S/C80H51N3/c1-4-22-54(23-5-1)79(55-24-6-2-7-25-55)66-33-14-10-28-59(66)60-49-47-58(51-71(60)79)81(57-45-42-52(43-46-57)53-44-48-63-61-29-12-17-38-72(61)82(76(63)50-53)56-26-8-3-9-27-56)75-41-21-36-69-77(75)65-31-11-15-34-67(65)80(69)68-35-16-19-40-74(68)83-73-39-18-13-30-62(73)64-32-20-37-70(80)78(64)83/h1-51H. The Bertz CT molecular complexity index is 5110. The molecule has 3 heterocycles. The summed E-state index contributed by atoms with van der Waals surface area (Å²) in [5, 5.41) is 5.03. The third-order valence-corrected chi connectivity index (χ3v) is 18.8. The van der Waals surface area contributed by atoms with Crippen LogP contribution in [0.15, 0.2) is 309 Å². The van der Waals surface area contributed by atoms with E-state index in [9.17, 15) is 0 Å². The van der Waals surface area contributed by atoms with E-state index in [1.807, 2.05) is 0 Å². The molecular formula is C80H51N3. The first-order chi connectivity index (χ1) is 41.2. The summed E-state index contributed by atoms with van der Waals surface area (Å²) in [5.74, 6) is 0. The number of fused-ring (bicyclic) bond motifs is 18. The Morgan fingerprint density at radius 3 is 1.54 bits per heavy atom. The van der Waals surface area contributed by atoms with Gasteiger partial charge in [0.2, 0.25) is 0 Å². The van der Waals surface area contributed by atoms with E-state index in [-0.39, 0.29) is 0 Å². The molecule has 0 radical (unpaired) electrons. The maximum Gasteiger partial charge on any atom is 0.0755 e. The highest BCUT2D eigenvalue weighted by atomic mass is 15.1. The molecule has 3 heteroatoms. The SMILES string of the molecule is c1ccc(-n2c3ccccc3c3ccc(-c4ccc(N(c5ccc6c(c5)C(c5ccccc5)(c5ccccc5)c5ccccc5-6)c5cccc6c5-c5ccccc5C65c6ccccc6-n6c7ccccc7c7cccc5c76)cc4)cc32)cc1. The van der Waals surface area contributed by atoms with E-state index in [1.165, 1.54) is 122 Å². The van der Waals surface area contributed by atoms with Gasteiger partial charge in [0.1, 0.15) is 0 Å². The molecule has 1 spiro atoms. The number of anilines is 3. The van der Waals surface area contributed by atoms with E-state index in [0.29, 0.717) is 0 Å². The topological polar surface area (TPSA) is 13.1 Å². The van der Waals surface area contributed by atoms with Crippen LogP contribution in [0.3, 0.4) is 0 Å². The number of nitrogens with zero attached hydrogens (tertiary/aromatic N) is 3. The van der Waals surface area contributed by atoms with Crippen LogP contribution in [0.4, 0.5) is 17.1 Å². The van der Waals surface area contributed by atoms with Crippen molar-refractivity contribution in [2.24, 2.45) is 0 Å². The summed E-state index contributed by atoms with van der Waals surface area (Å²) in [4.78, 5) is 2.56. The average molecular weight is 1050 g/mol. The van der Waals surface area contributed by atoms with E-state index in [1.54, 1.807) is 0 Å². The van der Waals surface area contributed by atoms with Gasteiger partial charge in [-0.3, -0.25) is 0 Å². The van der Waals surface area contributed by atoms with Gasteiger partial charge in [-0.1, -0.05) is 243 Å². The number of hydrogen-bond acceptors (Lipinski definition) is 1. The van der Waals surface area contributed by atoms with Gasteiger partial charge in [0.05, 0.1) is 44.3 Å². The quantitative estimate of drug-likeness (QED) is 0.155. The van der Waals surface area contributed by atoms with Gasteiger partial charge in [0.15, 0.2) is 0 Å². The molecule has 0 N–H and O–H groups in total. The molecule has 15 aromatic rings. The smallest absolute Gasteiger partial charge is 0.0755 e. The van der Waals surface area contributed by atoms with E-state index in [0.717, 1.165) is 28.3 Å². The highest BCUT2D eigenvalue weighted by Crippen LogP contribution is 2.64. The summed E-state index contributed by atoms with van der Waals surface area (Å²) in [5.41, 5.74) is 26.9. The summed E-state index contributed by atoms with van der Waals surface area (Å²) in [6.45, 7) is 0. The highest BCUT2D eigenvalue weighted by molar-refractivity contribution is 6.14. The molecule has 0 saturated carbocycles. The molecule has 386 valence electrons. The van der Waals surface area contributed by atoms with Crippen LogP contribution < -0.4 is 4.90 Å². The van der Waals surface area contributed by atoms with Crippen molar-refractivity contribution in [3.63, 3.8) is 0 Å². The summed E-state index contributed by atoms with van der Waals surface area (Å²) in [7, 11) is 0. The first-order valence-corrected chi connectivity index (χ1v) is 28.9. The van der Waals surface area contributed by atoms with Crippen LogP contribution in [0.2, 0.25) is 0 Å². The lowest BCUT2D eigenvalue weighted by molar-refractivity contribution is 0.748. The fourth-order valence-electron chi connectivity index (χ4n) is 15.6. The van der Waals surface area contributed by atoms with Crippen LogP contribution in [0.5, 0.6) is 0 Å². The van der Waals surface area contributed by atoms with Crippen LogP contribution in [0.1, 0.15) is 44.5 Å². The molecule has 13 aromatic carbocycles. The van der Waals surface area contributed by atoms with Crippen LogP contribution in [0.25, 0.3) is 88.4 Å². The Kier molecular flexibility index (Phi) is 9.64. The van der Waals surface area contributed by atoms with Gasteiger partial charge in [-0.25, -0.2) is 0 Å². The number of benzene rings is 13. The molecule has 3 aliphatic rings. The minimum Gasteiger partial charge on any atom is -0.310 e. The Morgan fingerprint density at radius 1 is 0.277 bits per heavy atom. The van der Waals surface area contributed by atoms with Gasteiger partial charge < -0.3 is 14.0 Å². The largest absolute Gasteiger partial charge is 0.310 e. The van der Waals surface area contributed by atoms with Gasteiger partial charge in [-0.2, -0.15) is 0 Å². The lowest BCUT2D eigenvalue weighted by Gasteiger charge is -2.39. The van der Waals surface area contributed by atoms with Gasteiger partial charge >= 0.3 is 0 Å². The lowest BCUT2D eigenvalue weighted by Crippen LogP contribution is -2.33. The molecule has 2 aliphatic carbocycles. The van der Waals surface area contributed by atoms with Gasteiger partial charge in [0, 0.05) is 44.2 Å². The summed E-state index contributed by atoms with van der Waals surface area (Å²) >= 11 is 0. The molecule has 1 atom stereocenters. The zero-order valence-corrected chi connectivity index (χ0v) is 45.3. The second-order valence-electron chi connectivity index (χ2n) is 22.6. The lowest BCUT2D eigenvalue weighted by atomic mass is 9.65. The van der Waals surface area contributed by atoms with Crippen molar-refractivity contribution in [3.8, 4) is 44.8 Å². The first-order valence-electron chi connectivity index (χ1n) is 28.9. The third kappa shape index (κ3) is 6.12. The Morgan fingerprint density at radius 2 is 0.795 bits per heavy atom. The first kappa shape index (κ1) is 46.1. The Hall–Kier alpha value is -10.7. The number of aromatic nitrogens is 2. The fraction of sp³-hybridized carbons (Fsp3) is 0.0250. The summed E-state index contributed by atoms with van der Waals surface area (Å²) in [6, 6.07) is 116. The van der Waals surface area contributed by atoms with E-state index in [4.69, 9.17) is 0 Å². The number of hydrogen-bond donors (Lipinski definition) is 0. The van der Waals surface area contributed by atoms with Crippen molar-refractivity contribution in [2.75, 3.05) is 4.90 Å². The molecule has 0 amide bonds. The molecule has 0 saturated heterocycles. The summed E-state index contributed by atoms with van der Waals surface area (Å²) in [6.07, 6.45) is 0. The normalized spacial score (nSPS) is 14.9. The Balaban J connectivity index is 0.897. The summed E-state index contributed by atoms with van der Waals surface area (Å²) < 4.78 is 4.94. The molecule has 2 aromatic heterocycles. The third-order valence-electron chi connectivity index (χ3n) is 18.8. The molecule has 1 aliphatic heterocycles. The van der Waals surface area contributed by atoms with Crippen LogP contribution in [-0.2, 0) is 10.8 Å². The monoisotopic (exact) mass is 1050 g/mol. The molecule has 0 bridgehead atoms. The number of para-hydroxylation sites is 5. The maximum absolute atomic E-state index is 2.56. The van der Waals surface area contributed by atoms with Crippen LogP contribution in [0, 0.1) is 0 Å². The molecule has 18 rings (SSSR count). The van der Waals surface area contributed by atoms with Crippen LogP contribution in [-0.4, -0.2) is 9.13 Å². The molecule has 83 heavy (non-hydrogen) atoms. The molecular weight excluding hydrogens is 1000 g/mol. The number of rotatable bonds is 7. The van der Waals surface area contributed by atoms with Crippen molar-refractivity contribution >= 4 is 60.7 Å². The predicted molar refractivity (Wildman–Crippen MR) is 343 cm³/mol. The molecule has 3 nitrogen and oxygen atoms in total. The van der Waals surface area contributed by atoms with E-state index >= 15 is 0 Å². The van der Waals surface area contributed by atoms with Crippen molar-refractivity contribution in [3.05, 3.63) is 354 Å². The fourth-order valence-corrected chi connectivity index (χ4v) is 15.6. The molecule has 0 fully saturated rings. The Labute approximate surface area is 481 Å². The maximum atomic E-state index is 2.56. The highest BCUT2D eigenvalue weighted by Gasteiger charge is 2.52. The van der Waals surface area contributed by atoms with Gasteiger partial charge in [0.25, 0.3) is 0 Å². The van der Waals surface area contributed by atoms with Crippen molar-refractivity contribution in [1.82, 2.24) is 9.13 Å². The van der Waals surface area contributed by atoms with E-state index in [2.05, 4.69) is 323 Å². The average Bonchev–Trinajstić information content (AvgIpc) is 1.61. The van der Waals surface area contributed by atoms with Crippen LogP contribution >= 0.6 is 0 Å². The second-order valence-corrected chi connectivity index (χ2v) is 22.6.